The van der Waals surface area contributed by atoms with Crippen LogP contribution in [0.15, 0.2) is 30.5 Å². The molecule has 1 aromatic heterocycles. The van der Waals surface area contributed by atoms with Gasteiger partial charge in [0.15, 0.2) is 0 Å². The number of imidazole rings is 1. The summed E-state index contributed by atoms with van der Waals surface area (Å²) in [6.07, 6.45) is 1.63. The fraction of sp³-hybridized carbons (Fsp3) is 0.231. The molecule has 0 saturated heterocycles. The Hall–Kier alpha value is -2.17. The van der Waals surface area contributed by atoms with Gasteiger partial charge in [0.25, 0.3) is 0 Å². The lowest BCUT2D eigenvalue weighted by atomic mass is 10.2. The highest BCUT2D eigenvalue weighted by atomic mass is 19.1. The van der Waals surface area contributed by atoms with Crippen molar-refractivity contribution in [2.75, 3.05) is 0 Å². The fourth-order valence-electron chi connectivity index (χ4n) is 1.76. The Kier molecular flexibility index (Phi) is 3.41. The van der Waals surface area contributed by atoms with E-state index < -0.39 is 5.97 Å². The third kappa shape index (κ3) is 2.94. The molecule has 0 fully saturated rings. The van der Waals surface area contributed by atoms with Crippen LogP contribution in [0.3, 0.4) is 0 Å². The molecule has 0 saturated carbocycles. The van der Waals surface area contributed by atoms with Gasteiger partial charge in [-0.15, -0.1) is 0 Å². The monoisotopic (exact) mass is 248 g/mol. The van der Waals surface area contributed by atoms with E-state index >= 15 is 0 Å². The van der Waals surface area contributed by atoms with Gasteiger partial charge in [-0.1, -0.05) is 12.1 Å². The van der Waals surface area contributed by atoms with E-state index in [-0.39, 0.29) is 12.2 Å². The number of aromatic nitrogens is 2. The molecule has 2 aromatic rings. The molecule has 18 heavy (non-hydrogen) atoms. The number of carbonyl (C=O) groups is 1. The highest BCUT2D eigenvalue weighted by Crippen LogP contribution is 2.09. The number of rotatable bonds is 4. The zero-order valence-corrected chi connectivity index (χ0v) is 9.93. The van der Waals surface area contributed by atoms with E-state index in [1.165, 1.54) is 12.1 Å². The first-order valence-electron chi connectivity index (χ1n) is 5.53. The lowest BCUT2D eigenvalue weighted by molar-refractivity contribution is -0.136. The van der Waals surface area contributed by atoms with Gasteiger partial charge in [-0.2, -0.15) is 0 Å². The van der Waals surface area contributed by atoms with Crippen LogP contribution in [0.5, 0.6) is 0 Å². The van der Waals surface area contributed by atoms with Crippen LogP contribution in [0.1, 0.15) is 17.1 Å². The Morgan fingerprint density at radius 1 is 1.39 bits per heavy atom. The number of aryl methyl sites for hydroxylation is 1. The molecule has 1 heterocycles. The second-order valence-electron chi connectivity index (χ2n) is 4.10. The highest BCUT2D eigenvalue weighted by Gasteiger charge is 2.08. The molecule has 0 amide bonds. The third-order valence-corrected chi connectivity index (χ3v) is 2.62. The summed E-state index contributed by atoms with van der Waals surface area (Å²) in [6.45, 7) is 2.37. The van der Waals surface area contributed by atoms with Gasteiger partial charge in [-0.3, -0.25) is 4.79 Å². The Balaban J connectivity index is 2.16. The van der Waals surface area contributed by atoms with Crippen molar-refractivity contribution in [1.82, 2.24) is 9.55 Å². The molecule has 0 spiro atoms. The number of aliphatic carboxylic acids is 1. The van der Waals surface area contributed by atoms with E-state index in [1.54, 1.807) is 18.3 Å². The van der Waals surface area contributed by atoms with Crippen molar-refractivity contribution in [3.63, 3.8) is 0 Å². The molecule has 0 aliphatic carbocycles. The number of hydrogen-bond acceptors (Lipinski definition) is 2. The zero-order chi connectivity index (χ0) is 13.1. The number of halogens is 1. The first-order chi connectivity index (χ1) is 8.54. The fourth-order valence-corrected chi connectivity index (χ4v) is 1.76. The molecule has 0 atom stereocenters. The van der Waals surface area contributed by atoms with Gasteiger partial charge >= 0.3 is 5.97 Å². The second kappa shape index (κ2) is 5.00. The maximum Gasteiger partial charge on any atom is 0.309 e. The Bertz CT molecular complexity index is 561. The molecular formula is C13H13FN2O2. The summed E-state index contributed by atoms with van der Waals surface area (Å²) in [5.74, 6) is -0.426. The van der Waals surface area contributed by atoms with Crippen molar-refractivity contribution in [3.05, 3.63) is 53.4 Å². The van der Waals surface area contributed by atoms with E-state index in [0.717, 1.165) is 11.4 Å². The van der Waals surface area contributed by atoms with Crippen molar-refractivity contribution in [1.29, 1.82) is 0 Å². The first kappa shape index (κ1) is 12.3. The number of carboxylic acids is 1. The molecular weight excluding hydrogens is 235 g/mol. The summed E-state index contributed by atoms with van der Waals surface area (Å²) in [7, 11) is 0. The summed E-state index contributed by atoms with van der Waals surface area (Å²) in [5.41, 5.74) is 1.47. The Labute approximate surface area is 104 Å². The molecule has 2 rings (SSSR count). The SMILES string of the molecule is Cc1nc(CC(=O)O)cn1Cc1ccc(F)cc1. The van der Waals surface area contributed by atoms with Crippen molar-refractivity contribution in [2.45, 2.75) is 19.9 Å². The molecule has 4 nitrogen and oxygen atoms in total. The summed E-state index contributed by atoms with van der Waals surface area (Å²) in [6, 6.07) is 6.21. The van der Waals surface area contributed by atoms with Gasteiger partial charge in [0.05, 0.1) is 12.1 Å². The number of hydrogen-bond donors (Lipinski definition) is 1. The summed E-state index contributed by atoms with van der Waals surface area (Å²) < 4.78 is 14.6. The van der Waals surface area contributed by atoms with Crippen LogP contribution < -0.4 is 0 Å². The van der Waals surface area contributed by atoms with Gasteiger partial charge in [0.2, 0.25) is 0 Å². The molecule has 1 aromatic carbocycles. The lowest BCUT2D eigenvalue weighted by Crippen LogP contribution is -2.01. The van der Waals surface area contributed by atoms with Crippen molar-refractivity contribution >= 4 is 5.97 Å². The Morgan fingerprint density at radius 2 is 2.06 bits per heavy atom. The topological polar surface area (TPSA) is 55.1 Å². The molecule has 1 N–H and O–H groups in total. The van der Waals surface area contributed by atoms with Crippen LogP contribution >= 0.6 is 0 Å². The molecule has 94 valence electrons. The molecule has 0 bridgehead atoms. The quantitative estimate of drug-likeness (QED) is 0.900. The normalized spacial score (nSPS) is 10.6. The van der Waals surface area contributed by atoms with Crippen LogP contribution in [-0.4, -0.2) is 20.6 Å². The second-order valence-corrected chi connectivity index (χ2v) is 4.10. The van der Waals surface area contributed by atoms with Gasteiger partial charge in [0.1, 0.15) is 11.6 Å². The zero-order valence-electron chi connectivity index (χ0n) is 9.93. The maximum atomic E-state index is 12.8. The predicted molar refractivity (Wildman–Crippen MR) is 63.8 cm³/mol. The largest absolute Gasteiger partial charge is 0.481 e. The predicted octanol–water partition coefficient (Wildman–Crippen LogP) is 2.01. The molecule has 0 radical (unpaired) electrons. The molecule has 0 unspecified atom stereocenters. The number of benzene rings is 1. The average molecular weight is 248 g/mol. The van der Waals surface area contributed by atoms with Crippen molar-refractivity contribution in [2.24, 2.45) is 0 Å². The van der Waals surface area contributed by atoms with Crippen LogP contribution in [0.2, 0.25) is 0 Å². The number of carboxylic acid groups (broad SMARTS) is 1. The van der Waals surface area contributed by atoms with Crippen LogP contribution in [0, 0.1) is 12.7 Å². The summed E-state index contributed by atoms with van der Waals surface area (Å²) in [5, 5.41) is 8.70. The maximum absolute atomic E-state index is 12.8. The molecule has 0 aliphatic heterocycles. The van der Waals surface area contributed by atoms with Gasteiger partial charge < -0.3 is 9.67 Å². The summed E-state index contributed by atoms with van der Waals surface area (Å²) >= 11 is 0. The van der Waals surface area contributed by atoms with Crippen molar-refractivity contribution in [3.8, 4) is 0 Å². The van der Waals surface area contributed by atoms with Crippen LogP contribution in [0.25, 0.3) is 0 Å². The van der Waals surface area contributed by atoms with Crippen molar-refractivity contribution < 1.29 is 14.3 Å². The van der Waals surface area contributed by atoms with Gasteiger partial charge in [0, 0.05) is 12.7 Å². The molecule has 0 aliphatic rings. The van der Waals surface area contributed by atoms with E-state index in [0.29, 0.717) is 12.2 Å². The van der Waals surface area contributed by atoms with Crippen LogP contribution in [0.4, 0.5) is 4.39 Å². The summed E-state index contributed by atoms with van der Waals surface area (Å²) in [4.78, 5) is 14.8. The minimum atomic E-state index is -0.901. The third-order valence-electron chi connectivity index (χ3n) is 2.62. The lowest BCUT2D eigenvalue weighted by Gasteiger charge is -2.04. The highest BCUT2D eigenvalue weighted by molar-refractivity contribution is 5.69. The van der Waals surface area contributed by atoms with Crippen LogP contribution in [-0.2, 0) is 17.8 Å². The minimum Gasteiger partial charge on any atom is -0.481 e. The standard InChI is InChI=1S/C13H13FN2O2/c1-9-15-12(6-13(17)18)8-16(9)7-10-2-4-11(14)5-3-10/h2-5,8H,6-7H2,1H3,(H,17,18). The van der Waals surface area contributed by atoms with E-state index in [1.807, 2.05) is 11.5 Å². The number of nitrogens with zero attached hydrogens (tertiary/aromatic N) is 2. The van der Waals surface area contributed by atoms with Gasteiger partial charge in [-0.05, 0) is 24.6 Å². The van der Waals surface area contributed by atoms with Gasteiger partial charge in [-0.25, -0.2) is 9.37 Å². The minimum absolute atomic E-state index is 0.0861. The smallest absolute Gasteiger partial charge is 0.309 e. The Morgan fingerprint density at radius 3 is 2.67 bits per heavy atom. The average Bonchev–Trinajstić information content (AvgIpc) is 2.61. The molecule has 5 heteroatoms. The van der Waals surface area contributed by atoms with E-state index in [2.05, 4.69) is 4.98 Å². The van der Waals surface area contributed by atoms with E-state index in [9.17, 15) is 9.18 Å². The van der Waals surface area contributed by atoms with E-state index in [4.69, 9.17) is 5.11 Å². The first-order valence-corrected chi connectivity index (χ1v) is 5.53.